The third-order valence-electron chi connectivity index (χ3n) is 6.02. The number of fused-ring (bicyclic) bond motifs is 1. The monoisotopic (exact) mass is 409 g/mol. The summed E-state index contributed by atoms with van der Waals surface area (Å²) in [6.07, 6.45) is 3.28. The van der Waals surface area contributed by atoms with Crippen LogP contribution < -0.4 is 14.8 Å². The van der Waals surface area contributed by atoms with Gasteiger partial charge in [-0.25, -0.2) is 0 Å². The molecule has 1 N–H and O–H groups in total. The van der Waals surface area contributed by atoms with Gasteiger partial charge in [0.2, 0.25) is 0 Å². The van der Waals surface area contributed by atoms with Gasteiger partial charge in [-0.2, -0.15) is 0 Å². The van der Waals surface area contributed by atoms with Crippen molar-refractivity contribution in [3.8, 4) is 11.5 Å². The minimum atomic E-state index is -0.741. The number of nitrogens with one attached hydrogen (secondary N) is 1. The van der Waals surface area contributed by atoms with Crippen molar-refractivity contribution in [2.75, 3.05) is 25.1 Å². The molecule has 6 heteroatoms. The highest BCUT2D eigenvalue weighted by atomic mass is 16.6. The molecule has 0 atom stereocenters. The van der Waals surface area contributed by atoms with Gasteiger partial charge in [-0.15, -0.1) is 0 Å². The van der Waals surface area contributed by atoms with Gasteiger partial charge >= 0.3 is 5.97 Å². The molecule has 0 spiro atoms. The van der Waals surface area contributed by atoms with E-state index in [4.69, 9.17) is 14.2 Å². The number of hydrogen-bond acceptors (Lipinski definition) is 5. The number of aryl methyl sites for hydroxylation is 2. The molecule has 2 aromatic carbocycles. The molecular weight excluding hydrogens is 382 g/mol. The Morgan fingerprint density at radius 2 is 1.67 bits per heavy atom. The molecule has 2 aromatic rings. The minimum absolute atomic E-state index is 0.307. The number of para-hydroxylation sites is 1. The van der Waals surface area contributed by atoms with E-state index in [-0.39, 0.29) is 18.5 Å². The first-order valence-corrected chi connectivity index (χ1v) is 10.4. The first-order chi connectivity index (χ1) is 14.5. The van der Waals surface area contributed by atoms with Crippen molar-refractivity contribution in [3.63, 3.8) is 0 Å². The summed E-state index contributed by atoms with van der Waals surface area (Å²) in [4.78, 5) is 25.6. The van der Waals surface area contributed by atoms with Crippen LogP contribution in [-0.4, -0.2) is 31.7 Å². The maximum atomic E-state index is 13.2. The number of carbonyl (C=O) groups excluding carboxylic acids is 2. The molecule has 0 aromatic heterocycles. The summed E-state index contributed by atoms with van der Waals surface area (Å²) in [5, 5.41) is 2.86. The maximum absolute atomic E-state index is 13.2. The molecular formula is C24H27NO5. The molecule has 0 bridgehead atoms. The molecule has 0 unspecified atom stereocenters. The van der Waals surface area contributed by atoms with Gasteiger partial charge in [-0.05, 0) is 55.5 Å². The quantitative estimate of drug-likeness (QED) is 0.754. The van der Waals surface area contributed by atoms with Gasteiger partial charge in [0.25, 0.3) is 5.91 Å². The summed E-state index contributed by atoms with van der Waals surface area (Å²) in [6, 6.07) is 11.5. The predicted molar refractivity (Wildman–Crippen MR) is 113 cm³/mol. The highest BCUT2D eigenvalue weighted by Gasteiger charge is 2.45. The number of benzene rings is 2. The highest BCUT2D eigenvalue weighted by molar-refractivity contribution is 5.95. The van der Waals surface area contributed by atoms with Crippen LogP contribution in [0.1, 0.15) is 42.4 Å². The summed E-state index contributed by atoms with van der Waals surface area (Å²) in [6.45, 7) is 4.58. The SMILES string of the molecule is Cc1cccc(C)c1NC(=O)COC(=O)C1(c2ccc3c(c2)OCCO3)CCCC1. The van der Waals surface area contributed by atoms with Crippen LogP contribution in [0.15, 0.2) is 36.4 Å². The van der Waals surface area contributed by atoms with Crippen LogP contribution in [0.3, 0.4) is 0 Å². The highest BCUT2D eigenvalue weighted by Crippen LogP contribution is 2.45. The van der Waals surface area contributed by atoms with Crippen LogP contribution in [0.25, 0.3) is 0 Å². The van der Waals surface area contributed by atoms with E-state index in [0.717, 1.165) is 35.2 Å². The molecule has 0 saturated heterocycles. The van der Waals surface area contributed by atoms with Crippen LogP contribution in [0, 0.1) is 13.8 Å². The predicted octanol–water partition coefficient (Wildman–Crippen LogP) is 4.07. The Morgan fingerprint density at radius 3 is 2.37 bits per heavy atom. The Morgan fingerprint density at radius 1 is 1.00 bits per heavy atom. The fourth-order valence-corrected chi connectivity index (χ4v) is 4.39. The van der Waals surface area contributed by atoms with Gasteiger partial charge < -0.3 is 19.5 Å². The zero-order valence-corrected chi connectivity index (χ0v) is 17.5. The van der Waals surface area contributed by atoms with Crippen molar-refractivity contribution in [2.45, 2.75) is 44.9 Å². The average Bonchev–Trinajstić information content (AvgIpc) is 3.26. The van der Waals surface area contributed by atoms with Gasteiger partial charge in [0.05, 0.1) is 5.41 Å². The molecule has 6 nitrogen and oxygen atoms in total. The summed E-state index contributed by atoms with van der Waals surface area (Å²) < 4.78 is 16.8. The van der Waals surface area contributed by atoms with E-state index in [1.807, 2.05) is 50.2 Å². The van der Waals surface area contributed by atoms with Crippen molar-refractivity contribution in [1.82, 2.24) is 0 Å². The summed E-state index contributed by atoms with van der Waals surface area (Å²) >= 11 is 0. The molecule has 4 rings (SSSR count). The van der Waals surface area contributed by atoms with E-state index in [9.17, 15) is 9.59 Å². The first-order valence-electron chi connectivity index (χ1n) is 10.4. The summed E-state index contributed by atoms with van der Waals surface area (Å²) in [5.74, 6) is 0.662. The number of anilines is 1. The standard InChI is InChI=1S/C24H27NO5/c1-16-6-5-7-17(2)22(16)25-21(26)15-30-23(27)24(10-3-4-11-24)18-8-9-19-20(14-18)29-13-12-28-19/h5-9,14H,3-4,10-13,15H2,1-2H3,(H,25,26). The van der Waals surface area contributed by atoms with Gasteiger partial charge in [-0.3, -0.25) is 9.59 Å². The van der Waals surface area contributed by atoms with Crippen LogP contribution in [-0.2, 0) is 19.7 Å². The smallest absolute Gasteiger partial charge is 0.317 e. The molecule has 1 aliphatic carbocycles. The van der Waals surface area contributed by atoms with E-state index in [2.05, 4.69) is 5.32 Å². The molecule has 1 saturated carbocycles. The van der Waals surface area contributed by atoms with Crippen molar-refractivity contribution < 1.29 is 23.8 Å². The lowest BCUT2D eigenvalue weighted by atomic mass is 9.78. The first kappa shape index (κ1) is 20.3. The zero-order chi connectivity index (χ0) is 21.1. The van der Waals surface area contributed by atoms with Gasteiger partial charge in [0, 0.05) is 5.69 Å². The molecule has 0 radical (unpaired) electrons. The summed E-state index contributed by atoms with van der Waals surface area (Å²) in [5.41, 5.74) is 2.83. The van der Waals surface area contributed by atoms with E-state index < -0.39 is 5.41 Å². The van der Waals surface area contributed by atoms with Gasteiger partial charge in [-0.1, -0.05) is 37.1 Å². The molecule has 1 fully saturated rings. The van der Waals surface area contributed by atoms with E-state index in [1.165, 1.54) is 0 Å². The van der Waals surface area contributed by atoms with Crippen molar-refractivity contribution in [3.05, 3.63) is 53.1 Å². The average molecular weight is 409 g/mol. The lowest BCUT2D eigenvalue weighted by Gasteiger charge is -2.28. The largest absolute Gasteiger partial charge is 0.486 e. The van der Waals surface area contributed by atoms with Crippen LogP contribution in [0.2, 0.25) is 0 Å². The van der Waals surface area contributed by atoms with Crippen LogP contribution in [0.5, 0.6) is 11.5 Å². The summed E-state index contributed by atoms with van der Waals surface area (Å²) in [7, 11) is 0. The normalized spacial score (nSPS) is 16.7. The maximum Gasteiger partial charge on any atom is 0.317 e. The van der Waals surface area contributed by atoms with Crippen LogP contribution >= 0.6 is 0 Å². The molecule has 1 amide bonds. The lowest BCUT2D eigenvalue weighted by Crippen LogP contribution is -2.36. The third kappa shape index (κ3) is 3.86. The van der Waals surface area contributed by atoms with Gasteiger partial charge in [0.1, 0.15) is 13.2 Å². The fourth-order valence-electron chi connectivity index (χ4n) is 4.39. The Labute approximate surface area is 176 Å². The van der Waals surface area contributed by atoms with Crippen molar-refractivity contribution >= 4 is 17.6 Å². The second-order valence-corrected chi connectivity index (χ2v) is 8.04. The molecule has 2 aliphatic rings. The number of ether oxygens (including phenoxy) is 3. The molecule has 1 aliphatic heterocycles. The fraction of sp³-hybridized carbons (Fsp3) is 0.417. The van der Waals surface area contributed by atoms with Crippen LogP contribution in [0.4, 0.5) is 5.69 Å². The second-order valence-electron chi connectivity index (χ2n) is 8.04. The van der Waals surface area contributed by atoms with E-state index in [0.29, 0.717) is 37.6 Å². The number of rotatable bonds is 5. The number of amides is 1. The molecule has 30 heavy (non-hydrogen) atoms. The number of hydrogen-bond donors (Lipinski definition) is 1. The van der Waals surface area contributed by atoms with Gasteiger partial charge in [0.15, 0.2) is 18.1 Å². The van der Waals surface area contributed by atoms with E-state index in [1.54, 1.807) is 0 Å². The zero-order valence-electron chi connectivity index (χ0n) is 17.5. The topological polar surface area (TPSA) is 73.9 Å². The van der Waals surface area contributed by atoms with E-state index >= 15 is 0 Å². The Kier molecular flexibility index (Phi) is 5.66. The second kappa shape index (κ2) is 8.38. The molecule has 158 valence electrons. The Bertz CT molecular complexity index is 942. The lowest BCUT2D eigenvalue weighted by molar-refractivity contribution is -0.153. The third-order valence-corrected chi connectivity index (χ3v) is 6.02. The Hall–Kier alpha value is -3.02. The van der Waals surface area contributed by atoms with Crippen molar-refractivity contribution in [1.29, 1.82) is 0 Å². The Balaban J connectivity index is 1.47. The minimum Gasteiger partial charge on any atom is -0.486 e. The van der Waals surface area contributed by atoms with Crippen molar-refractivity contribution in [2.24, 2.45) is 0 Å². The number of esters is 1. The number of carbonyl (C=O) groups is 2. The molecule has 1 heterocycles.